The molecule has 3 nitrogen and oxygen atoms in total. The zero-order valence-electron chi connectivity index (χ0n) is 12.6. The van der Waals surface area contributed by atoms with Gasteiger partial charge in [0.15, 0.2) is 0 Å². The molecule has 3 aromatic rings. The first kappa shape index (κ1) is 15.3. The number of fused-ring (bicyclic) bond motifs is 1. The number of anilines is 1. The van der Waals surface area contributed by atoms with Gasteiger partial charge >= 0.3 is 6.18 Å². The van der Waals surface area contributed by atoms with Crippen molar-refractivity contribution in [1.29, 1.82) is 0 Å². The fraction of sp³-hybridized carbons (Fsp3) is 0.176. The molecule has 0 bridgehead atoms. The number of nitrogens with zero attached hydrogens (tertiary/aromatic N) is 1. The molecular formula is C17H15F3N2O. The van der Waals surface area contributed by atoms with Crippen LogP contribution in [0.2, 0.25) is 0 Å². The fourth-order valence-electron chi connectivity index (χ4n) is 2.73. The molecule has 0 unspecified atom stereocenters. The number of alkyl halides is 3. The Bertz CT molecular complexity index is 881. The Morgan fingerprint density at radius 3 is 2.43 bits per heavy atom. The van der Waals surface area contributed by atoms with E-state index >= 15 is 0 Å². The fourth-order valence-corrected chi connectivity index (χ4v) is 2.73. The average Bonchev–Trinajstić information content (AvgIpc) is 2.80. The van der Waals surface area contributed by atoms with Gasteiger partial charge in [-0.05, 0) is 49.4 Å². The number of aromatic nitrogens is 1. The van der Waals surface area contributed by atoms with Crippen molar-refractivity contribution in [3.8, 4) is 11.4 Å². The van der Waals surface area contributed by atoms with Crippen LogP contribution in [0.4, 0.5) is 18.9 Å². The van der Waals surface area contributed by atoms with Gasteiger partial charge in [-0.2, -0.15) is 13.2 Å². The van der Waals surface area contributed by atoms with Crippen LogP contribution in [-0.4, -0.2) is 11.7 Å². The molecule has 1 aromatic heterocycles. The first-order chi connectivity index (χ1) is 10.8. The summed E-state index contributed by atoms with van der Waals surface area (Å²) in [6, 6.07) is 10.9. The van der Waals surface area contributed by atoms with E-state index in [1.54, 1.807) is 17.7 Å². The largest absolute Gasteiger partial charge is 0.497 e. The standard InChI is InChI=1S/C17H15F3N2O/c1-10-5-11-6-15(23-2)3-4-16(11)22(10)14-8-12(17(18,19)20)7-13(21)9-14/h3-9H,21H2,1-2H3. The second-order valence-corrected chi connectivity index (χ2v) is 5.36. The zero-order chi connectivity index (χ0) is 16.8. The number of hydrogen-bond donors (Lipinski definition) is 1. The highest BCUT2D eigenvalue weighted by atomic mass is 19.4. The highest BCUT2D eigenvalue weighted by Crippen LogP contribution is 2.34. The lowest BCUT2D eigenvalue weighted by Crippen LogP contribution is -2.08. The van der Waals surface area contributed by atoms with Crippen molar-refractivity contribution < 1.29 is 17.9 Å². The van der Waals surface area contributed by atoms with E-state index in [1.165, 1.54) is 6.07 Å². The van der Waals surface area contributed by atoms with E-state index in [0.717, 1.165) is 28.7 Å². The molecule has 0 saturated heterocycles. The monoisotopic (exact) mass is 320 g/mol. The molecule has 6 heteroatoms. The summed E-state index contributed by atoms with van der Waals surface area (Å²) in [5, 5.41) is 0.887. The van der Waals surface area contributed by atoms with Crippen LogP contribution in [0, 0.1) is 6.92 Å². The number of halogens is 3. The Morgan fingerprint density at radius 2 is 1.78 bits per heavy atom. The van der Waals surface area contributed by atoms with E-state index < -0.39 is 11.7 Å². The van der Waals surface area contributed by atoms with Crippen LogP contribution in [0.15, 0.2) is 42.5 Å². The van der Waals surface area contributed by atoms with Crippen molar-refractivity contribution in [3.63, 3.8) is 0 Å². The lowest BCUT2D eigenvalue weighted by Gasteiger charge is -2.14. The molecule has 0 aliphatic heterocycles. The minimum Gasteiger partial charge on any atom is -0.497 e. The molecule has 23 heavy (non-hydrogen) atoms. The molecular weight excluding hydrogens is 305 g/mol. The van der Waals surface area contributed by atoms with Crippen molar-refractivity contribution in [2.45, 2.75) is 13.1 Å². The van der Waals surface area contributed by atoms with E-state index in [2.05, 4.69) is 0 Å². The normalized spacial score (nSPS) is 11.9. The van der Waals surface area contributed by atoms with Crippen LogP contribution in [0.25, 0.3) is 16.6 Å². The molecule has 0 radical (unpaired) electrons. The lowest BCUT2D eigenvalue weighted by atomic mass is 10.1. The molecule has 3 rings (SSSR count). The Balaban J connectivity index is 2.24. The third-order valence-electron chi connectivity index (χ3n) is 3.72. The van der Waals surface area contributed by atoms with Crippen LogP contribution < -0.4 is 10.5 Å². The maximum Gasteiger partial charge on any atom is 0.416 e. The predicted octanol–water partition coefficient (Wildman–Crippen LogP) is 4.55. The minimum absolute atomic E-state index is 0.0737. The number of aryl methyl sites for hydroxylation is 1. The molecule has 0 aliphatic carbocycles. The lowest BCUT2D eigenvalue weighted by molar-refractivity contribution is -0.137. The summed E-state index contributed by atoms with van der Waals surface area (Å²) in [4.78, 5) is 0. The Labute approximate surface area is 131 Å². The van der Waals surface area contributed by atoms with E-state index in [9.17, 15) is 13.2 Å². The van der Waals surface area contributed by atoms with Crippen LogP contribution in [0.5, 0.6) is 5.75 Å². The Kier molecular flexibility index (Phi) is 3.47. The molecule has 0 amide bonds. The number of nitrogen functional groups attached to an aromatic ring is 1. The number of methoxy groups -OCH3 is 1. The number of benzene rings is 2. The van der Waals surface area contributed by atoms with Gasteiger partial charge in [-0.1, -0.05) is 0 Å². The van der Waals surface area contributed by atoms with Gasteiger partial charge in [-0.25, -0.2) is 0 Å². The van der Waals surface area contributed by atoms with Crippen LogP contribution in [0.1, 0.15) is 11.3 Å². The number of nitrogens with two attached hydrogens (primary N) is 1. The summed E-state index contributed by atoms with van der Waals surface area (Å²) in [7, 11) is 1.57. The van der Waals surface area contributed by atoms with Crippen molar-refractivity contribution in [3.05, 3.63) is 53.7 Å². The van der Waals surface area contributed by atoms with Crippen molar-refractivity contribution >= 4 is 16.6 Å². The summed E-state index contributed by atoms with van der Waals surface area (Å²) in [5.41, 5.74) is 6.97. The molecule has 0 atom stereocenters. The van der Waals surface area contributed by atoms with Gasteiger partial charge < -0.3 is 15.0 Å². The highest BCUT2D eigenvalue weighted by molar-refractivity contribution is 5.85. The maximum atomic E-state index is 13.0. The Morgan fingerprint density at radius 1 is 1.04 bits per heavy atom. The third kappa shape index (κ3) is 2.72. The van der Waals surface area contributed by atoms with Crippen LogP contribution in [-0.2, 0) is 6.18 Å². The highest BCUT2D eigenvalue weighted by Gasteiger charge is 2.31. The van der Waals surface area contributed by atoms with E-state index in [0.29, 0.717) is 11.4 Å². The molecule has 0 spiro atoms. The molecule has 2 N–H and O–H groups in total. The molecule has 2 aromatic carbocycles. The molecule has 0 saturated carbocycles. The van der Waals surface area contributed by atoms with Gasteiger partial charge in [0.05, 0.1) is 18.2 Å². The predicted molar refractivity (Wildman–Crippen MR) is 84.0 cm³/mol. The topological polar surface area (TPSA) is 40.2 Å². The second-order valence-electron chi connectivity index (χ2n) is 5.36. The summed E-state index contributed by atoms with van der Waals surface area (Å²) in [6.07, 6.45) is -4.44. The summed E-state index contributed by atoms with van der Waals surface area (Å²) in [5.74, 6) is 0.693. The van der Waals surface area contributed by atoms with Gasteiger partial charge in [-0.3, -0.25) is 0 Å². The van der Waals surface area contributed by atoms with Gasteiger partial charge in [0, 0.05) is 22.5 Å². The van der Waals surface area contributed by atoms with Crippen molar-refractivity contribution in [2.24, 2.45) is 0 Å². The molecule has 0 aliphatic rings. The summed E-state index contributed by atoms with van der Waals surface area (Å²) in [6.45, 7) is 1.84. The van der Waals surface area contributed by atoms with Gasteiger partial charge in [0.1, 0.15) is 5.75 Å². The first-order valence-corrected chi connectivity index (χ1v) is 6.94. The van der Waals surface area contributed by atoms with Gasteiger partial charge in [-0.15, -0.1) is 0 Å². The quantitative estimate of drug-likeness (QED) is 0.704. The van der Waals surface area contributed by atoms with Gasteiger partial charge in [0.2, 0.25) is 0 Å². The number of rotatable bonds is 2. The van der Waals surface area contributed by atoms with Crippen LogP contribution >= 0.6 is 0 Å². The summed E-state index contributed by atoms with van der Waals surface area (Å²) >= 11 is 0. The SMILES string of the molecule is COc1ccc2c(c1)cc(C)n2-c1cc(N)cc(C(F)(F)F)c1. The smallest absolute Gasteiger partial charge is 0.416 e. The molecule has 0 fully saturated rings. The maximum absolute atomic E-state index is 13.0. The number of hydrogen-bond acceptors (Lipinski definition) is 2. The van der Waals surface area contributed by atoms with E-state index in [4.69, 9.17) is 10.5 Å². The first-order valence-electron chi connectivity index (χ1n) is 6.94. The van der Waals surface area contributed by atoms with E-state index in [1.807, 2.05) is 25.1 Å². The summed E-state index contributed by atoms with van der Waals surface area (Å²) < 4.78 is 46.0. The number of ether oxygens (including phenoxy) is 1. The van der Waals surface area contributed by atoms with Crippen molar-refractivity contribution in [2.75, 3.05) is 12.8 Å². The molecule has 1 heterocycles. The van der Waals surface area contributed by atoms with Crippen molar-refractivity contribution in [1.82, 2.24) is 4.57 Å². The zero-order valence-corrected chi connectivity index (χ0v) is 12.6. The molecule has 120 valence electrons. The third-order valence-corrected chi connectivity index (χ3v) is 3.72. The average molecular weight is 320 g/mol. The second kappa shape index (κ2) is 5.22. The van der Waals surface area contributed by atoms with Crippen LogP contribution in [0.3, 0.4) is 0 Å². The van der Waals surface area contributed by atoms with Gasteiger partial charge in [0.25, 0.3) is 0 Å². The van der Waals surface area contributed by atoms with E-state index in [-0.39, 0.29) is 5.69 Å². The Hall–Kier alpha value is -2.63. The minimum atomic E-state index is -4.44.